The van der Waals surface area contributed by atoms with Gasteiger partial charge in [-0.3, -0.25) is 9.59 Å². The fraction of sp³-hybridized carbons (Fsp3) is 0.471. The summed E-state index contributed by atoms with van der Waals surface area (Å²) in [6.45, 7) is 1.82. The molecule has 0 aromatic heterocycles. The van der Waals surface area contributed by atoms with Crippen molar-refractivity contribution >= 4 is 41.0 Å². The van der Waals surface area contributed by atoms with Crippen molar-refractivity contribution < 1.29 is 23.9 Å². The van der Waals surface area contributed by atoms with Crippen LogP contribution in [0, 0.1) is 5.92 Å². The lowest BCUT2D eigenvalue weighted by Crippen LogP contribution is -2.45. The molecule has 0 radical (unpaired) electrons. The number of carbonyl (C=O) groups is 3. The Labute approximate surface area is 161 Å². The van der Waals surface area contributed by atoms with E-state index in [0.717, 1.165) is 0 Å². The number of benzene rings is 1. The molecule has 2 rings (SSSR count). The van der Waals surface area contributed by atoms with Crippen molar-refractivity contribution in [2.24, 2.45) is 11.7 Å². The van der Waals surface area contributed by atoms with Crippen LogP contribution < -0.4 is 10.5 Å². The summed E-state index contributed by atoms with van der Waals surface area (Å²) >= 11 is 11.8. The van der Waals surface area contributed by atoms with Gasteiger partial charge in [0.2, 0.25) is 5.91 Å². The zero-order valence-corrected chi connectivity index (χ0v) is 15.8. The van der Waals surface area contributed by atoms with E-state index in [2.05, 4.69) is 0 Å². The minimum absolute atomic E-state index is 0.248. The first-order chi connectivity index (χ1) is 12.3. The highest BCUT2D eigenvalue weighted by Gasteiger charge is 2.28. The molecule has 9 heteroatoms. The molecule has 2 N–H and O–H groups in total. The number of halogens is 2. The van der Waals surface area contributed by atoms with E-state index >= 15 is 0 Å². The van der Waals surface area contributed by atoms with Gasteiger partial charge in [-0.1, -0.05) is 23.2 Å². The average molecular weight is 403 g/mol. The SMILES string of the molecule is C[C@H](Oc1ccc(Cl)cc1Cl)C(=O)OCC(=O)N1CCC[C@H](C(N)=O)C1. The highest BCUT2D eigenvalue weighted by molar-refractivity contribution is 6.35. The summed E-state index contributed by atoms with van der Waals surface area (Å²) in [7, 11) is 0. The van der Waals surface area contributed by atoms with Crippen molar-refractivity contribution in [2.75, 3.05) is 19.7 Å². The third-order valence-corrected chi connectivity index (χ3v) is 4.57. The molecule has 142 valence electrons. The number of ether oxygens (including phenoxy) is 2. The van der Waals surface area contributed by atoms with Crippen LogP contribution in [0.1, 0.15) is 19.8 Å². The summed E-state index contributed by atoms with van der Waals surface area (Å²) in [6.07, 6.45) is 0.384. The normalized spacial score (nSPS) is 18.1. The summed E-state index contributed by atoms with van der Waals surface area (Å²) in [5.74, 6) is -1.58. The summed E-state index contributed by atoms with van der Waals surface area (Å²) in [6, 6.07) is 4.61. The highest BCUT2D eigenvalue weighted by Crippen LogP contribution is 2.28. The Bertz CT molecular complexity index is 698. The van der Waals surface area contributed by atoms with Crippen LogP contribution in [-0.4, -0.2) is 48.5 Å². The lowest BCUT2D eigenvalue weighted by Gasteiger charge is -2.31. The number of amides is 2. The van der Waals surface area contributed by atoms with Gasteiger partial charge in [-0.2, -0.15) is 0 Å². The Morgan fingerprint density at radius 2 is 2.08 bits per heavy atom. The first-order valence-electron chi connectivity index (χ1n) is 8.13. The largest absolute Gasteiger partial charge is 0.477 e. The minimum atomic E-state index is -0.957. The Balaban J connectivity index is 1.83. The van der Waals surface area contributed by atoms with Gasteiger partial charge < -0.3 is 20.1 Å². The first kappa shape index (κ1) is 20.3. The molecule has 0 saturated carbocycles. The van der Waals surface area contributed by atoms with Crippen molar-refractivity contribution in [1.29, 1.82) is 0 Å². The zero-order valence-electron chi connectivity index (χ0n) is 14.2. The molecule has 0 unspecified atom stereocenters. The Kier molecular flexibility index (Phi) is 7.11. The van der Waals surface area contributed by atoms with Gasteiger partial charge in [-0.25, -0.2) is 4.79 Å². The van der Waals surface area contributed by atoms with Gasteiger partial charge in [-0.05, 0) is 38.0 Å². The van der Waals surface area contributed by atoms with Crippen LogP contribution in [0.15, 0.2) is 18.2 Å². The molecule has 1 aromatic carbocycles. The maximum Gasteiger partial charge on any atom is 0.347 e. The number of rotatable bonds is 6. The van der Waals surface area contributed by atoms with Crippen LogP contribution in [0.2, 0.25) is 10.0 Å². The van der Waals surface area contributed by atoms with E-state index in [1.807, 2.05) is 0 Å². The first-order valence-corrected chi connectivity index (χ1v) is 8.89. The van der Waals surface area contributed by atoms with E-state index < -0.39 is 24.6 Å². The van der Waals surface area contributed by atoms with Gasteiger partial charge in [0.1, 0.15) is 5.75 Å². The number of hydrogen-bond acceptors (Lipinski definition) is 5. The summed E-state index contributed by atoms with van der Waals surface area (Å²) in [5.41, 5.74) is 5.29. The van der Waals surface area contributed by atoms with Crippen LogP contribution in [-0.2, 0) is 19.1 Å². The molecule has 26 heavy (non-hydrogen) atoms. The van der Waals surface area contributed by atoms with E-state index in [1.54, 1.807) is 6.07 Å². The highest BCUT2D eigenvalue weighted by atomic mass is 35.5. The molecule has 1 aliphatic heterocycles. The molecule has 0 bridgehead atoms. The predicted octanol–water partition coefficient (Wildman–Crippen LogP) is 2.03. The molecular formula is C17H20Cl2N2O5. The van der Waals surface area contributed by atoms with Gasteiger partial charge in [-0.15, -0.1) is 0 Å². The maximum atomic E-state index is 12.2. The molecule has 2 amide bonds. The Morgan fingerprint density at radius 3 is 2.73 bits per heavy atom. The van der Waals surface area contributed by atoms with Crippen molar-refractivity contribution in [3.63, 3.8) is 0 Å². The number of esters is 1. The quantitative estimate of drug-likeness (QED) is 0.733. The number of piperidine rings is 1. The summed E-state index contributed by atoms with van der Waals surface area (Å²) < 4.78 is 10.4. The smallest absolute Gasteiger partial charge is 0.347 e. The molecule has 1 saturated heterocycles. The Hall–Kier alpha value is -1.99. The number of primary amides is 1. The second-order valence-corrected chi connectivity index (χ2v) is 6.87. The third kappa shape index (κ3) is 5.51. The number of nitrogens with zero attached hydrogens (tertiary/aromatic N) is 1. The van der Waals surface area contributed by atoms with E-state index in [4.69, 9.17) is 38.4 Å². The molecular weight excluding hydrogens is 383 g/mol. The second-order valence-electron chi connectivity index (χ2n) is 6.02. The fourth-order valence-corrected chi connectivity index (χ4v) is 3.04. The molecule has 0 aliphatic carbocycles. The number of carbonyl (C=O) groups excluding carboxylic acids is 3. The van der Waals surface area contributed by atoms with Crippen LogP contribution in [0.25, 0.3) is 0 Å². The van der Waals surface area contributed by atoms with E-state index in [9.17, 15) is 14.4 Å². The lowest BCUT2D eigenvalue weighted by molar-refractivity contribution is -0.158. The molecule has 7 nitrogen and oxygen atoms in total. The predicted molar refractivity (Wildman–Crippen MR) is 96.0 cm³/mol. The molecule has 1 fully saturated rings. The van der Waals surface area contributed by atoms with Crippen LogP contribution in [0.3, 0.4) is 0 Å². The van der Waals surface area contributed by atoms with Gasteiger partial charge in [0, 0.05) is 18.1 Å². The van der Waals surface area contributed by atoms with E-state index in [-0.39, 0.29) is 29.1 Å². The van der Waals surface area contributed by atoms with Crippen LogP contribution >= 0.6 is 23.2 Å². The third-order valence-electron chi connectivity index (χ3n) is 4.04. The fourth-order valence-electron chi connectivity index (χ4n) is 2.59. The van der Waals surface area contributed by atoms with Crippen LogP contribution in [0.4, 0.5) is 0 Å². The molecule has 1 heterocycles. The summed E-state index contributed by atoms with van der Waals surface area (Å²) in [4.78, 5) is 36.9. The van der Waals surface area contributed by atoms with Crippen molar-refractivity contribution in [1.82, 2.24) is 4.90 Å². The lowest BCUT2D eigenvalue weighted by atomic mass is 9.97. The van der Waals surface area contributed by atoms with Gasteiger partial charge in [0.25, 0.3) is 5.91 Å². The number of nitrogens with two attached hydrogens (primary N) is 1. The van der Waals surface area contributed by atoms with E-state index in [0.29, 0.717) is 24.4 Å². The monoisotopic (exact) mass is 402 g/mol. The maximum absolute atomic E-state index is 12.2. The molecule has 1 aliphatic rings. The van der Waals surface area contributed by atoms with E-state index in [1.165, 1.54) is 24.0 Å². The van der Waals surface area contributed by atoms with Gasteiger partial charge >= 0.3 is 5.97 Å². The molecule has 2 atom stereocenters. The summed E-state index contributed by atoms with van der Waals surface area (Å²) in [5, 5.41) is 0.706. The number of hydrogen-bond donors (Lipinski definition) is 1. The molecule has 0 spiro atoms. The Morgan fingerprint density at radius 1 is 1.35 bits per heavy atom. The van der Waals surface area contributed by atoms with Crippen LogP contribution in [0.5, 0.6) is 5.75 Å². The standard InChI is InChI=1S/C17H20Cl2N2O5/c1-10(26-14-5-4-12(18)7-13(14)19)17(24)25-9-15(22)21-6-2-3-11(8-21)16(20)23/h4-5,7,10-11H,2-3,6,8-9H2,1H3,(H2,20,23)/t10-,11-/m0/s1. The zero-order chi connectivity index (χ0) is 19.3. The average Bonchev–Trinajstić information content (AvgIpc) is 2.61. The molecule has 1 aromatic rings. The van der Waals surface area contributed by atoms with Gasteiger partial charge in [0.15, 0.2) is 12.7 Å². The van der Waals surface area contributed by atoms with Crippen molar-refractivity contribution in [3.8, 4) is 5.75 Å². The van der Waals surface area contributed by atoms with Gasteiger partial charge in [0.05, 0.1) is 10.9 Å². The van der Waals surface area contributed by atoms with Crippen molar-refractivity contribution in [2.45, 2.75) is 25.9 Å². The second kappa shape index (κ2) is 9.09. The number of likely N-dealkylation sites (tertiary alicyclic amines) is 1. The topological polar surface area (TPSA) is 98.9 Å². The van der Waals surface area contributed by atoms with Crippen molar-refractivity contribution in [3.05, 3.63) is 28.2 Å². The minimum Gasteiger partial charge on any atom is -0.477 e.